The summed E-state index contributed by atoms with van der Waals surface area (Å²) >= 11 is 5.90. The van der Waals surface area contributed by atoms with Gasteiger partial charge < -0.3 is 5.11 Å². The van der Waals surface area contributed by atoms with Gasteiger partial charge in [-0.2, -0.15) is 0 Å². The van der Waals surface area contributed by atoms with Crippen LogP contribution < -0.4 is 0 Å². The quantitative estimate of drug-likeness (QED) is 0.861. The van der Waals surface area contributed by atoms with Gasteiger partial charge in [-0.1, -0.05) is 30.7 Å². The van der Waals surface area contributed by atoms with Crippen LogP contribution in [0, 0.1) is 5.82 Å². The largest absolute Gasteiger partial charge is 0.385 e. The molecular formula is C11H14ClFO3S. The number of aliphatic hydroxyl groups excluding tert-OH is 1. The maximum absolute atomic E-state index is 13.0. The Morgan fingerprint density at radius 2 is 2.12 bits per heavy atom. The first kappa shape index (κ1) is 14.4. The van der Waals surface area contributed by atoms with E-state index in [1.54, 1.807) is 0 Å². The van der Waals surface area contributed by atoms with Gasteiger partial charge in [0.15, 0.2) is 14.0 Å². The van der Waals surface area contributed by atoms with Gasteiger partial charge in [0.2, 0.25) is 0 Å². The van der Waals surface area contributed by atoms with Crippen molar-refractivity contribution in [2.75, 3.05) is 5.75 Å². The van der Waals surface area contributed by atoms with E-state index in [2.05, 4.69) is 0 Å². The van der Waals surface area contributed by atoms with Crippen molar-refractivity contribution >= 4 is 21.4 Å². The maximum atomic E-state index is 13.0. The molecule has 17 heavy (non-hydrogen) atoms. The smallest absolute Gasteiger partial charge is 0.172 e. The minimum Gasteiger partial charge on any atom is -0.385 e. The number of hydrogen-bond donors (Lipinski definition) is 1. The zero-order valence-electron chi connectivity index (χ0n) is 9.52. The second-order valence-corrected chi connectivity index (χ2v) is 7.51. The number of aliphatic hydroxyl groups is 1. The fraction of sp³-hybridized carbons (Fsp3) is 0.455. The van der Waals surface area contributed by atoms with Crippen LogP contribution in [0.1, 0.15) is 25.5 Å². The monoisotopic (exact) mass is 280 g/mol. The SMILES string of the molecule is CCS(=O)(=O)C(C)(Cl)C(O)c1cccc(F)c1. The van der Waals surface area contributed by atoms with Gasteiger partial charge >= 0.3 is 0 Å². The molecule has 96 valence electrons. The Kier molecular flexibility index (Phi) is 4.17. The minimum absolute atomic E-state index is 0.138. The Labute approximate surface area is 105 Å². The average Bonchev–Trinajstić information content (AvgIpc) is 2.27. The van der Waals surface area contributed by atoms with E-state index in [4.69, 9.17) is 11.6 Å². The van der Waals surface area contributed by atoms with Gasteiger partial charge in [0, 0.05) is 5.75 Å². The van der Waals surface area contributed by atoms with Crippen molar-refractivity contribution in [3.63, 3.8) is 0 Å². The van der Waals surface area contributed by atoms with Crippen LogP contribution in [-0.4, -0.2) is 23.5 Å². The molecule has 0 bridgehead atoms. The third-order valence-corrected chi connectivity index (χ3v) is 5.75. The maximum Gasteiger partial charge on any atom is 0.172 e. The molecule has 0 aliphatic carbocycles. The van der Waals surface area contributed by atoms with Crippen LogP contribution in [0.4, 0.5) is 4.39 Å². The topological polar surface area (TPSA) is 54.4 Å². The molecule has 0 radical (unpaired) electrons. The van der Waals surface area contributed by atoms with E-state index in [-0.39, 0.29) is 11.3 Å². The van der Waals surface area contributed by atoms with E-state index in [1.807, 2.05) is 0 Å². The molecule has 0 fully saturated rings. The number of halogens is 2. The molecule has 0 heterocycles. The molecule has 2 unspecified atom stereocenters. The lowest BCUT2D eigenvalue weighted by molar-refractivity contribution is 0.162. The van der Waals surface area contributed by atoms with Crippen LogP contribution in [0.3, 0.4) is 0 Å². The first-order chi connectivity index (χ1) is 7.72. The van der Waals surface area contributed by atoms with Gasteiger partial charge in [0.25, 0.3) is 0 Å². The van der Waals surface area contributed by atoms with Crippen LogP contribution in [0.25, 0.3) is 0 Å². The normalized spacial score (nSPS) is 17.5. The molecule has 0 amide bonds. The molecule has 1 N–H and O–H groups in total. The summed E-state index contributed by atoms with van der Waals surface area (Å²) in [5.74, 6) is -0.748. The van der Waals surface area contributed by atoms with Gasteiger partial charge in [0.1, 0.15) is 11.9 Å². The lowest BCUT2D eigenvalue weighted by Crippen LogP contribution is -2.37. The van der Waals surface area contributed by atoms with E-state index in [1.165, 1.54) is 32.0 Å². The van der Waals surface area contributed by atoms with Crippen molar-refractivity contribution in [1.29, 1.82) is 0 Å². The first-order valence-corrected chi connectivity index (χ1v) is 7.10. The minimum atomic E-state index is -3.66. The average molecular weight is 281 g/mol. The van der Waals surface area contributed by atoms with E-state index >= 15 is 0 Å². The van der Waals surface area contributed by atoms with Gasteiger partial charge in [-0.25, -0.2) is 12.8 Å². The lowest BCUT2D eigenvalue weighted by atomic mass is 10.1. The molecule has 0 saturated carbocycles. The summed E-state index contributed by atoms with van der Waals surface area (Å²) in [5, 5.41) is 9.96. The number of sulfone groups is 1. The van der Waals surface area contributed by atoms with Crippen molar-refractivity contribution in [3.8, 4) is 0 Å². The van der Waals surface area contributed by atoms with Crippen LogP contribution in [-0.2, 0) is 9.84 Å². The summed E-state index contributed by atoms with van der Waals surface area (Å²) in [5.41, 5.74) is 0.138. The van der Waals surface area contributed by atoms with E-state index in [0.29, 0.717) is 0 Å². The highest BCUT2D eigenvalue weighted by Crippen LogP contribution is 2.37. The fourth-order valence-electron chi connectivity index (χ4n) is 1.43. The summed E-state index contributed by atoms with van der Waals surface area (Å²) in [7, 11) is -3.66. The van der Waals surface area contributed by atoms with Crippen molar-refractivity contribution in [1.82, 2.24) is 0 Å². The summed E-state index contributed by atoms with van der Waals surface area (Å²) < 4.78 is 34.6. The third kappa shape index (κ3) is 2.78. The number of alkyl halides is 1. The first-order valence-electron chi connectivity index (χ1n) is 5.07. The highest BCUT2D eigenvalue weighted by molar-refractivity contribution is 7.94. The molecule has 3 nitrogen and oxygen atoms in total. The van der Waals surface area contributed by atoms with E-state index in [0.717, 1.165) is 6.07 Å². The van der Waals surface area contributed by atoms with Crippen molar-refractivity contribution in [3.05, 3.63) is 35.6 Å². The van der Waals surface area contributed by atoms with Crippen LogP contribution in [0.15, 0.2) is 24.3 Å². The molecule has 2 atom stereocenters. The molecule has 0 spiro atoms. The lowest BCUT2D eigenvalue weighted by Gasteiger charge is -2.27. The van der Waals surface area contributed by atoms with Gasteiger partial charge in [0.05, 0.1) is 0 Å². The molecule has 1 rings (SSSR count). The number of rotatable bonds is 4. The summed E-state index contributed by atoms with van der Waals surface area (Å²) in [4.78, 5) is 0. The molecule has 0 saturated heterocycles. The second kappa shape index (κ2) is 4.92. The van der Waals surface area contributed by atoms with Gasteiger partial charge in [-0.15, -0.1) is 0 Å². The molecule has 1 aromatic carbocycles. The molecular weight excluding hydrogens is 267 g/mol. The Bertz CT molecular complexity index is 499. The molecule has 6 heteroatoms. The molecule has 0 aliphatic heterocycles. The predicted molar refractivity (Wildman–Crippen MR) is 65.1 cm³/mol. The standard InChI is InChI=1S/C11H14ClFO3S/c1-3-17(15,16)11(2,12)10(14)8-5-4-6-9(13)7-8/h4-7,10,14H,3H2,1-2H3. The molecule has 0 aliphatic rings. The van der Waals surface area contributed by atoms with E-state index < -0.39 is 26.0 Å². The Balaban J connectivity index is 3.17. The summed E-state index contributed by atoms with van der Waals surface area (Å²) in [6.07, 6.45) is -1.48. The van der Waals surface area contributed by atoms with Crippen LogP contribution in [0.2, 0.25) is 0 Å². The summed E-state index contributed by atoms with van der Waals surface area (Å²) in [6.45, 7) is 2.65. The second-order valence-electron chi connectivity index (χ2n) is 3.85. The van der Waals surface area contributed by atoms with Crippen LogP contribution in [0.5, 0.6) is 0 Å². The predicted octanol–water partition coefficient (Wildman–Crippen LogP) is 2.25. The fourth-order valence-corrected chi connectivity index (χ4v) is 2.92. The highest BCUT2D eigenvalue weighted by Gasteiger charge is 2.43. The number of hydrogen-bond acceptors (Lipinski definition) is 3. The number of benzene rings is 1. The van der Waals surface area contributed by atoms with E-state index in [9.17, 15) is 17.9 Å². The van der Waals surface area contributed by atoms with Gasteiger partial charge in [-0.05, 0) is 24.6 Å². The van der Waals surface area contributed by atoms with Crippen LogP contribution >= 0.6 is 11.6 Å². The Hall–Kier alpha value is -0.650. The molecule has 0 aromatic heterocycles. The molecule has 1 aromatic rings. The van der Waals surface area contributed by atoms with Gasteiger partial charge in [-0.3, -0.25) is 0 Å². The third-order valence-electron chi connectivity index (χ3n) is 2.64. The zero-order valence-corrected chi connectivity index (χ0v) is 11.1. The van der Waals surface area contributed by atoms with Crippen molar-refractivity contribution < 1.29 is 17.9 Å². The van der Waals surface area contributed by atoms with Crippen molar-refractivity contribution in [2.45, 2.75) is 24.2 Å². The zero-order chi connectivity index (χ0) is 13.3. The Morgan fingerprint density at radius 3 is 2.59 bits per heavy atom. The Morgan fingerprint density at radius 1 is 1.53 bits per heavy atom. The highest BCUT2D eigenvalue weighted by atomic mass is 35.5. The summed E-state index contributed by atoms with van der Waals surface area (Å²) in [6, 6.07) is 5.09. The van der Waals surface area contributed by atoms with Crippen molar-refractivity contribution in [2.24, 2.45) is 0 Å².